The third-order valence-corrected chi connectivity index (χ3v) is 5.37. The average molecular weight is 446 g/mol. The predicted molar refractivity (Wildman–Crippen MR) is 121 cm³/mol. The van der Waals surface area contributed by atoms with Crippen molar-refractivity contribution >= 4 is 29.1 Å². The highest BCUT2D eigenvalue weighted by molar-refractivity contribution is 6.34. The summed E-state index contributed by atoms with van der Waals surface area (Å²) in [5, 5.41) is 3.55. The molecule has 0 fully saturated rings. The second kappa shape index (κ2) is 11.1. The number of hydrogen-bond acceptors (Lipinski definition) is 5. The highest BCUT2D eigenvalue weighted by Crippen LogP contribution is 2.30. The Morgan fingerprint density at radius 3 is 2.71 bits per heavy atom. The Morgan fingerprint density at radius 1 is 1.16 bits per heavy atom. The van der Waals surface area contributed by atoms with Crippen molar-refractivity contribution in [3.63, 3.8) is 0 Å². The Morgan fingerprint density at radius 2 is 1.97 bits per heavy atom. The molecule has 0 saturated heterocycles. The van der Waals surface area contributed by atoms with Crippen molar-refractivity contribution in [1.29, 1.82) is 0 Å². The van der Waals surface area contributed by atoms with Crippen LogP contribution < -0.4 is 15.0 Å². The number of halogens is 1. The second-order valence-corrected chi connectivity index (χ2v) is 7.56. The van der Waals surface area contributed by atoms with Gasteiger partial charge in [-0.25, -0.2) is 0 Å². The number of anilines is 1. The van der Waals surface area contributed by atoms with Gasteiger partial charge in [0.2, 0.25) is 5.91 Å². The lowest BCUT2D eigenvalue weighted by molar-refractivity contribution is -0.130. The summed E-state index contributed by atoms with van der Waals surface area (Å²) in [5.74, 6) is 0.178. The standard InChI is InChI=1S/C23H28ClN3O4/c1-3-31-18-8-9-19(20(24)14-18)23(29)27-16-22(28)26(12-10-25-11-13-30-2)15-17-6-4-5-7-21(17)27/h4-9,14,25H,3,10-13,15-16H2,1-2H3. The van der Waals surface area contributed by atoms with Gasteiger partial charge in [0.15, 0.2) is 0 Å². The molecule has 0 atom stereocenters. The number of ether oxygens (including phenoxy) is 2. The Kier molecular flexibility index (Phi) is 8.28. The van der Waals surface area contributed by atoms with Crippen LogP contribution in [0.1, 0.15) is 22.8 Å². The van der Waals surface area contributed by atoms with E-state index in [1.807, 2.05) is 31.2 Å². The monoisotopic (exact) mass is 445 g/mol. The van der Waals surface area contributed by atoms with Crippen molar-refractivity contribution < 1.29 is 19.1 Å². The molecule has 2 aromatic rings. The molecule has 0 aliphatic carbocycles. The maximum Gasteiger partial charge on any atom is 0.260 e. The van der Waals surface area contributed by atoms with Crippen molar-refractivity contribution in [2.75, 3.05) is 51.4 Å². The van der Waals surface area contributed by atoms with E-state index in [9.17, 15) is 9.59 Å². The van der Waals surface area contributed by atoms with Crippen LogP contribution in [0.2, 0.25) is 5.02 Å². The Bertz CT molecular complexity index is 921. The molecule has 166 valence electrons. The molecule has 1 aliphatic rings. The van der Waals surface area contributed by atoms with Crippen LogP contribution in [0.5, 0.6) is 5.75 Å². The van der Waals surface area contributed by atoms with Crippen molar-refractivity contribution in [1.82, 2.24) is 10.2 Å². The van der Waals surface area contributed by atoms with Gasteiger partial charge in [0.25, 0.3) is 5.91 Å². The van der Waals surface area contributed by atoms with Crippen molar-refractivity contribution in [2.24, 2.45) is 0 Å². The zero-order chi connectivity index (χ0) is 22.2. The highest BCUT2D eigenvalue weighted by Gasteiger charge is 2.30. The van der Waals surface area contributed by atoms with E-state index in [1.165, 1.54) is 4.90 Å². The van der Waals surface area contributed by atoms with Crippen LogP contribution in [0.15, 0.2) is 42.5 Å². The number of para-hydroxylation sites is 1. The number of nitrogens with zero attached hydrogens (tertiary/aromatic N) is 2. The average Bonchev–Trinajstić information content (AvgIpc) is 2.90. The number of methoxy groups -OCH3 is 1. The van der Waals surface area contributed by atoms with Crippen molar-refractivity contribution in [2.45, 2.75) is 13.5 Å². The Balaban J connectivity index is 1.81. The van der Waals surface area contributed by atoms with Gasteiger partial charge in [-0.1, -0.05) is 29.8 Å². The van der Waals surface area contributed by atoms with Crippen LogP contribution in [0.4, 0.5) is 5.69 Å². The number of rotatable bonds is 9. The summed E-state index contributed by atoms with van der Waals surface area (Å²) in [6.45, 7) is 5.31. The molecule has 8 heteroatoms. The van der Waals surface area contributed by atoms with E-state index in [4.69, 9.17) is 21.1 Å². The fourth-order valence-electron chi connectivity index (χ4n) is 3.49. The number of carbonyl (C=O) groups is 2. The van der Waals surface area contributed by atoms with E-state index in [2.05, 4.69) is 5.32 Å². The minimum absolute atomic E-state index is 0.0442. The first-order valence-corrected chi connectivity index (χ1v) is 10.7. The van der Waals surface area contributed by atoms with E-state index < -0.39 is 0 Å². The maximum absolute atomic E-state index is 13.4. The lowest BCUT2D eigenvalue weighted by Gasteiger charge is -2.23. The third kappa shape index (κ3) is 5.76. The quantitative estimate of drug-likeness (QED) is 0.601. The third-order valence-electron chi connectivity index (χ3n) is 5.06. The van der Waals surface area contributed by atoms with Crippen LogP contribution in [-0.2, 0) is 16.1 Å². The van der Waals surface area contributed by atoms with Gasteiger partial charge >= 0.3 is 0 Å². The maximum atomic E-state index is 13.4. The number of nitrogens with one attached hydrogen (secondary N) is 1. The van der Waals surface area contributed by atoms with E-state index in [0.29, 0.717) is 49.2 Å². The lowest BCUT2D eigenvalue weighted by atomic mass is 10.1. The summed E-state index contributed by atoms with van der Waals surface area (Å²) in [6.07, 6.45) is 0. The normalized spacial score (nSPS) is 13.7. The molecule has 2 amide bonds. The van der Waals surface area contributed by atoms with Gasteiger partial charge in [-0.15, -0.1) is 0 Å². The van der Waals surface area contributed by atoms with E-state index >= 15 is 0 Å². The van der Waals surface area contributed by atoms with E-state index in [0.717, 1.165) is 17.8 Å². The molecule has 1 heterocycles. The number of fused-ring (bicyclic) bond motifs is 1. The van der Waals surface area contributed by atoms with Crippen LogP contribution in [0.25, 0.3) is 0 Å². The molecule has 0 saturated carbocycles. The van der Waals surface area contributed by atoms with Gasteiger partial charge in [-0.2, -0.15) is 0 Å². The zero-order valence-corrected chi connectivity index (χ0v) is 18.7. The van der Waals surface area contributed by atoms with Crippen molar-refractivity contribution in [3.05, 3.63) is 58.6 Å². The number of carbonyl (C=O) groups excluding carboxylic acids is 2. The summed E-state index contributed by atoms with van der Waals surface area (Å²) in [5.41, 5.74) is 1.98. The minimum atomic E-state index is -0.311. The number of benzene rings is 2. The largest absolute Gasteiger partial charge is 0.494 e. The number of amides is 2. The Labute approximate surface area is 187 Å². The smallest absolute Gasteiger partial charge is 0.260 e. The summed E-state index contributed by atoms with van der Waals surface area (Å²) in [7, 11) is 1.65. The van der Waals surface area contributed by atoms with Crippen LogP contribution in [0, 0.1) is 0 Å². The summed E-state index contributed by atoms with van der Waals surface area (Å²) in [6, 6.07) is 12.6. The molecule has 31 heavy (non-hydrogen) atoms. The molecule has 0 radical (unpaired) electrons. The van der Waals surface area contributed by atoms with Crippen LogP contribution in [-0.4, -0.2) is 63.2 Å². The second-order valence-electron chi connectivity index (χ2n) is 7.15. The van der Waals surface area contributed by atoms with E-state index in [-0.39, 0.29) is 18.4 Å². The molecule has 0 aromatic heterocycles. The summed E-state index contributed by atoms with van der Waals surface area (Å²) >= 11 is 6.38. The molecule has 0 spiro atoms. The van der Waals surface area contributed by atoms with Gasteiger partial charge in [0.1, 0.15) is 12.3 Å². The van der Waals surface area contributed by atoms with Gasteiger partial charge in [-0.3, -0.25) is 14.5 Å². The Hall–Kier alpha value is -2.61. The first-order chi connectivity index (χ1) is 15.0. The minimum Gasteiger partial charge on any atom is -0.494 e. The first kappa shape index (κ1) is 23.1. The molecular weight excluding hydrogens is 418 g/mol. The molecular formula is C23H28ClN3O4. The van der Waals surface area contributed by atoms with Crippen LogP contribution >= 0.6 is 11.6 Å². The van der Waals surface area contributed by atoms with Gasteiger partial charge < -0.3 is 19.7 Å². The fraction of sp³-hybridized carbons (Fsp3) is 0.391. The van der Waals surface area contributed by atoms with Gasteiger partial charge in [0.05, 0.1) is 23.8 Å². The SMILES string of the molecule is CCOc1ccc(C(=O)N2CC(=O)N(CCNCCOC)Cc3ccccc32)c(Cl)c1. The van der Waals surface area contributed by atoms with Crippen LogP contribution in [0.3, 0.4) is 0 Å². The topological polar surface area (TPSA) is 71.1 Å². The van der Waals surface area contributed by atoms with Gasteiger partial charge in [-0.05, 0) is 36.8 Å². The van der Waals surface area contributed by atoms with E-state index in [1.54, 1.807) is 30.2 Å². The molecule has 7 nitrogen and oxygen atoms in total. The molecule has 1 aliphatic heterocycles. The summed E-state index contributed by atoms with van der Waals surface area (Å²) < 4.78 is 10.5. The lowest BCUT2D eigenvalue weighted by Crippen LogP contribution is -2.42. The van der Waals surface area contributed by atoms with Crippen molar-refractivity contribution in [3.8, 4) is 5.75 Å². The molecule has 3 rings (SSSR count). The zero-order valence-electron chi connectivity index (χ0n) is 17.9. The number of hydrogen-bond donors (Lipinski definition) is 1. The van der Waals surface area contributed by atoms with Gasteiger partial charge in [0, 0.05) is 39.0 Å². The molecule has 2 aromatic carbocycles. The molecule has 1 N–H and O–H groups in total. The molecule has 0 bridgehead atoms. The highest BCUT2D eigenvalue weighted by atomic mass is 35.5. The molecule has 0 unspecified atom stereocenters. The summed E-state index contributed by atoms with van der Waals surface area (Å²) in [4.78, 5) is 29.7. The fourth-order valence-corrected chi connectivity index (χ4v) is 3.74. The predicted octanol–water partition coefficient (Wildman–Crippen LogP) is 2.96. The first-order valence-electron chi connectivity index (χ1n) is 10.3.